The molecule has 0 aromatic carbocycles. The fourth-order valence-electron chi connectivity index (χ4n) is 1.22. The van der Waals surface area contributed by atoms with Crippen molar-refractivity contribution < 1.29 is 24.2 Å². The summed E-state index contributed by atoms with van der Waals surface area (Å²) < 4.78 is 9.97. The number of carboxylic acid groups (broad SMARTS) is 1. The monoisotopic (exact) mass is 262 g/mol. The predicted octanol–water partition coefficient (Wildman–Crippen LogP) is 0.156. The van der Waals surface area contributed by atoms with E-state index in [2.05, 4.69) is 5.32 Å². The molecular weight excluding hydrogens is 240 g/mol. The zero-order valence-corrected chi connectivity index (χ0v) is 11.0. The number of hydrogen-bond donors (Lipinski definition) is 2. The molecular formula is C11H22N2O5. The highest BCUT2D eigenvalue weighted by Crippen LogP contribution is 1.90. The molecule has 0 heterocycles. The van der Waals surface area contributed by atoms with Crippen molar-refractivity contribution in [3.8, 4) is 0 Å². The molecule has 0 aliphatic rings. The number of carboxylic acids is 1. The lowest BCUT2D eigenvalue weighted by molar-refractivity contribution is -0.142. The SMILES string of the molecule is CCOCCN(CC)C(=O)NCCOCC(=O)O. The predicted molar refractivity (Wildman–Crippen MR) is 65.6 cm³/mol. The number of nitrogens with zero attached hydrogens (tertiary/aromatic N) is 1. The summed E-state index contributed by atoms with van der Waals surface area (Å²) in [4.78, 5) is 23.4. The van der Waals surface area contributed by atoms with Crippen molar-refractivity contribution >= 4 is 12.0 Å². The highest BCUT2D eigenvalue weighted by Gasteiger charge is 2.10. The van der Waals surface area contributed by atoms with Crippen molar-refractivity contribution in [3.05, 3.63) is 0 Å². The second-order valence-corrected chi connectivity index (χ2v) is 3.45. The van der Waals surface area contributed by atoms with Gasteiger partial charge in [-0.3, -0.25) is 0 Å². The molecule has 0 saturated heterocycles. The first-order valence-electron chi connectivity index (χ1n) is 6.01. The van der Waals surface area contributed by atoms with Gasteiger partial charge in [0.05, 0.1) is 13.2 Å². The molecule has 0 atom stereocenters. The molecule has 0 fully saturated rings. The number of urea groups is 1. The molecule has 0 aliphatic carbocycles. The van der Waals surface area contributed by atoms with Gasteiger partial charge in [-0.2, -0.15) is 0 Å². The van der Waals surface area contributed by atoms with Crippen LogP contribution in [-0.4, -0.2) is 68.1 Å². The minimum Gasteiger partial charge on any atom is -0.480 e. The Kier molecular flexibility index (Phi) is 9.99. The van der Waals surface area contributed by atoms with Gasteiger partial charge in [0.1, 0.15) is 6.61 Å². The number of hydrogen-bond acceptors (Lipinski definition) is 4. The van der Waals surface area contributed by atoms with E-state index in [4.69, 9.17) is 14.6 Å². The Bertz CT molecular complexity index is 248. The van der Waals surface area contributed by atoms with Crippen molar-refractivity contribution in [2.45, 2.75) is 13.8 Å². The van der Waals surface area contributed by atoms with Gasteiger partial charge in [-0.25, -0.2) is 9.59 Å². The van der Waals surface area contributed by atoms with Gasteiger partial charge in [0.15, 0.2) is 0 Å². The normalized spacial score (nSPS) is 10.1. The Morgan fingerprint density at radius 3 is 2.50 bits per heavy atom. The molecule has 0 rings (SSSR count). The Morgan fingerprint density at radius 2 is 1.94 bits per heavy atom. The molecule has 2 amide bonds. The van der Waals surface area contributed by atoms with E-state index in [0.717, 1.165) is 0 Å². The van der Waals surface area contributed by atoms with Crippen LogP contribution in [0.1, 0.15) is 13.8 Å². The summed E-state index contributed by atoms with van der Waals surface area (Å²) in [5.74, 6) is -1.02. The second kappa shape index (κ2) is 10.8. The number of ether oxygens (including phenoxy) is 2. The Morgan fingerprint density at radius 1 is 1.22 bits per heavy atom. The van der Waals surface area contributed by atoms with Gasteiger partial charge in [0.2, 0.25) is 0 Å². The van der Waals surface area contributed by atoms with Crippen LogP contribution in [0.5, 0.6) is 0 Å². The molecule has 7 heteroatoms. The quantitative estimate of drug-likeness (QED) is 0.547. The van der Waals surface area contributed by atoms with Crippen LogP contribution >= 0.6 is 0 Å². The molecule has 0 spiro atoms. The molecule has 0 unspecified atom stereocenters. The molecule has 0 aromatic heterocycles. The first-order valence-corrected chi connectivity index (χ1v) is 6.01. The summed E-state index contributed by atoms with van der Waals surface area (Å²) in [6, 6.07) is -0.198. The van der Waals surface area contributed by atoms with Crippen molar-refractivity contribution in [2.24, 2.45) is 0 Å². The highest BCUT2D eigenvalue weighted by atomic mass is 16.5. The van der Waals surface area contributed by atoms with E-state index in [1.165, 1.54) is 0 Å². The van der Waals surface area contributed by atoms with Crippen LogP contribution in [0.15, 0.2) is 0 Å². The lowest BCUT2D eigenvalue weighted by Crippen LogP contribution is -2.42. The van der Waals surface area contributed by atoms with Gasteiger partial charge in [-0.05, 0) is 13.8 Å². The summed E-state index contributed by atoms with van der Waals surface area (Å²) in [5.41, 5.74) is 0. The van der Waals surface area contributed by atoms with Crippen molar-refractivity contribution in [2.75, 3.05) is 46.1 Å². The first-order chi connectivity index (χ1) is 8.61. The smallest absolute Gasteiger partial charge is 0.329 e. The molecule has 0 bridgehead atoms. The van der Waals surface area contributed by atoms with Crippen LogP contribution in [0.25, 0.3) is 0 Å². The minimum absolute atomic E-state index is 0.182. The van der Waals surface area contributed by atoms with E-state index in [1.807, 2.05) is 13.8 Å². The largest absolute Gasteiger partial charge is 0.480 e. The van der Waals surface area contributed by atoms with E-state index >= 15 is 0 Å². The number of amides is 2. The number of aliphatic carboxylic acids is 1. The Labute approximate surface area is 107 Å². The van der Waals surface area contributed by atoms with Crippen LogP contribution in [0.4, 0.5) is 4.79 Å². The minimum atomic E-state index is -1.02. The van der Waals surface area contributed by atoms with Crippen molar-refractivity contribution in [3.63, 3.8) is 0 Å². The number of likely N-dealkylation sites (N-methyl/N-ethyl adjacent to an activating group) is 1. The third kappa shape index (κ3) is 8.77. The van der Waals surface area contributed by atoms with Crippen molar-refractivity contribution in [1.29, 1.82) is 0 Å². The number of carbonyl (C=O) groups excluding carboxylic acids is 1. The van der Waals surface area contributed by atoms with Gasteiger partial charge in [0.25, 0.3) is 0 Å². The van der Waals surface area contributed by atoms with E-state index in [1.54, 1.807) is 4.90 Å². The highest BCUT2D eigenvalue weighted by molar-refractivity contribution is 5.74. The maximum atomic E-state index is 11.7. The van der Waals surface area contributed by atoms with E-state index in [0.29, 0.717) is 26.3 Å². The van der Waals surface area contributed by atoms with Crippen LogP contribution in [-0.2, 0) is 14.3 Å². The van der Waals surface area contributed by atoms with E-state index < -0.39 is 5.97 Å². The third-order valence-corrected chi connectivity index (χ3v) is 2.13. The zero-order chi connectivity index (χ0) is 13.8. The molecule has 2 N–H and O–H groups in total. The second-order valence-electron chi connectivity index (χ2n) is 3.45. The molecule has 106 valence electrons. The molecule has 0 saturated carbocycles. The molecule has 0 aliphatic heterocycles. The van der Waals surface area contributed by atoms with E-state index in [9.17, 15) is 9.59 Å². The van der Waals surface area contributed by atoms with Crippen LogP contribution < -0.4 is 5.32 Å². The lowest BCUT2D eigenvalue weighted by Gasteiger charge is -2.21. The maximum Gasteiger partial charge on any atom is 0.329 e. The zero-order valence-electron chi connectivity index (χ0n) is 11.0. The van der Waals surface area contributed by atoms with Gasteiger partial charge in [-0.1, -0.05) is 0 Å². The average Bonchev–Trinajstić information content (AvgIpc) is 2.33. The third-order valence-electron chi connectivity index (χ3n) is 2.13. The first kappa shape index (κ1) is 16.7. The Balaban J connectivity index is 3.66. The van der Waals surface area contributed by atoms with Crippen LogP contribution in [0, 0.1) is 0 Å². The number of nitrogens with one attached hydrogen (secondary N) is 1. The molecule has 7 nitrogen and oxygen atoms in total. The standard InChI is InChI=1S/C11H22N2O5/c1-3-13(6-8-17-4-2)11(16)12-5-7-18-9-10(14)15/h3-9H2,1-2H3,(H,12,16)(H,14,15). The van der Waals surface area contributed by atoms with Crippen LogP contribution in [0.3, 0.4) is 0 Å². The van der Waals surface area contributed by atoms with Gasteiger partial charge >= 0.3 is 12.0 Å². The van der Waals surface area contributed by atoms with E-state index in [-0.39, 0.29) is 25.8 Å². The van der Waals surface area contributed by atoms with Gasteiger partial charge < -0.3 is 24.8 Å². The Hall–Kier alpha value is -1.34. The molecule has 0 radical (unpaired) electrons. The maximum absolute atomic E-state index is 11.7. The molecule has 0 aromatic rings. The average molecular weight is 262 g/mol. The topological polar surface area (TPSA) is 88.1 Å². The van der Waals surface area contributed by atoms with Crippen LogP contribution in [0.2, 0.25) is 0 Å². The fraction of sp³-hybridized carbons (Fsp3) is 0.818. The lowest BCUT2D eigenvalue weighted by atomic mass is 10.5. The molecule has 18 heavy (non-hydrogen) atoms. The summed E-state index contributed by atoms with van der Waals surface area (Å²) in [6.45, 7) is 6.16. The number of rotatable bonds is 10. The van der Waals surface area contributed by atoms with Gasteiger partial charge in [0, 0.05) is 26.2 Å². The fourth-order valence-corrected chi connectivity index (χ4v) is 1.22. The number of carbonyl (C=O) groups is 2. The van der Waals surface area contributed by atoms with Gasteiger partial charge in [-0.15, -0.1) is 0 Å². The summed E-state index contributed by atoms with van der Waals surface area (Å²) in [6.07, 6.45) is 0. The van der Waals surface area contributed by atoms with Crippen molar-refractivity contribution in [1.82, 2.24) is 10.2 Å². The summed E-state index contributed by atoms with van der Waals surface area (Å²) in [5, 5.41) is 11.0. The summed E-state index contributed by atoms with van der Waals surface area (Å²) in [7, 11) is 0. The summed E-state index contributed by atoms with van der Waals surface area (Å²) >= 11 is 0.